The molecule has 9 heteroatoms. The molecule has 0 spiro atoms. The van der Waals surface area contributed by atoms with Gasteiger partial charge in [-0.15, -0.1) is 10.2 Å². The van der Waals surface area contributed by atoms with Gasteiger partial charge in [-0.25, -0.2) is 13.8 Å². The van der Waals surface area contributed by atoms with Crippen LogP contribution in [-0.2, 0) is 0 Å². The van der Waals surface area contributed by atoms with E-state index in [4.69, 9.17) is 9.47 Å². The van der Waals surface area contributed by atoms with Gasteiger partial charge in [0.1, 0.15) is 11.9 Å². The fraction of sp³-hybridized carbons (Fsp3) is 0.261. The second-order valence-electron chi connectivity index (χ2n) is 7.69. The smallest absolute Gasteiger partial charge is 0.172 e. The van der Waals surface area contributed by atoms with Crippen molar-refractivity contribution in [2.24, 2.45) is 0 Å². The van der Waals surface area contributed by atoms with Gasteiger partial charge in [-0.1, -0.05) is 12.6 Å². The Labute approximate surface area is 183 Å². The SMILES string of the molecule is C=Cc1ncc(OC2CC3CNc4nnc(-c5cccc(F)c5OC)cc4N3C2)cc1F. The lowest BCUT2D eigenvalue weighted by Crippen LogP contribution is -2.40. The van der Waals surface area contributed by atoms with Crippen molar-refractivity contribution in [2.45, 2.75) is 18.6 Å². The number of benzene rings is 1. The Morgan fingerprint density at radius 3 is 2.88 bits per heavy atom. The summed E-state index contributed by atoms with van der Waals surface area (Å²) in [6.07, 6.45) is 3.47. The van der Waals surface area contributed by atoms with E-state index in [1.165, 1.54) is 31.5 Å². The number of ether oxygens (including phenoxy) is 2. The Bertz CT molecular complexity index is 1190. The van der Waals surface area contributed by atoms with Gasteiger partial charge >= 0.3 is 0 Å². The van der Waals surface area contributed by atoms with Crippen LogP contribution in [0.15, 0.2) is 43.1 Å². The van der Waals surface area contributed by atoms with Crippen molar-refractivity contribution in [2.75, 3.05) is 30.4 Å². The largest absolute Gasteiger partial charge is 0.493 e. The van der Waals surface area contributed by atoms with Crippen molar-refractivity contribution in [3.8, 4) is 22.8 Å². The van der Waals surface area contributed by atoms with Crippen LogP contribution in [0.3, 0.4) is 0 Å². The van der Waals surface area contributed by atoms with E-state index in [1.807, 2.05) is 6.07 Å². The maximum Gasteiger partial charge on any atom is 0.172 e. The third-order valence-electron chi connectivity index (χ3n) is 5.75. The van der Waals surface area contributed by atoms with Crippen molar-refractivity contribution in [3.05, 3.63) is 60.4 Å². The first-order valence-electron chi connectivity index (χ1n) is 10.2. The normalized spacial score (nSPS) is 19.0. The van der Waals surface area contributed by atoms with Gasteiger partial charge in [0, 0.05) is 24.6 Å². The Kier molecular flexibility index (Phi) is 5.08. The number of hydrogen-bond donors (Lipinski definition) is 1. The fourth-order valence-corrected chi connectivity index (χ4v) is 4.28. The van der Waals surface area contributed by atoms with E-state index in [0.29, 0.717) is 35.9 Å². The van der Waals surface area contributed by atoms with Crippen LogP contribution in [0.5, 0.6) is 11.5 Å². The molecule has 2 atom stereocenters. The second kappa shape index (κ2) is 8.07. The molecule has 1 aromatic carbocycles. The van der Waals surface area contributed by atoms with Gasteiger partial charge in [-0.2, -0.15) is 0 Å². The first-order valence-corrected chi connectivity index (χ1v) is 10.2. The molecule has 0 radical (unpaired) electrons. The number of para-hydroxylation sites is 1. The van der Waals surface area contributed by atoms with E-state index in [9.17, 15) is 8.78 Å². The van der Waals surface area contributed by atoms with Crippen LogP contribution in [0.4, 0.5) is 20.3 Å². The van der Waals surface area contributed by atoms with Crippen LogP contribution >= 0.6 is 0 Å². The molecule has 5 rings (SSSR count). The number of rotatable bonds is 5. The zero-order valence-corrected chi connectivity index (χ0v) is 17.4. The van der Waals surface area contributed by atoms with Crippen LogP contribution < -0.4 is 19.7 Å². The molecule has 0 bridgehead atoms. The summed E-state index contributed by atoms with van der Waals surface area (Å²) in [6.45, 7) is 4.82. The number of fused-ring (bicyclic) bond motifs is 3. The molecule has 0 saturated carbocycles. The highest BCUT2D eigenvalue weighted by Gasteiger charge is 2.38. The van der Waals surface area contributed by atoms with Crippen LogP contribution in [0.2, 0.25) is 0 Å². The molecule has 4 heterocycles. The number of methoxy groups -OCH3 is 1. The summed E-state index contributed by atoms with van der Waals surface area (Å²) in [7, 11) is 1.42. The van der Waals surface area contributed by atoms with Gasteiger partial charge in [0.25, 0.3) is 0 Å². The van der Waals surface area contributed by atoms with Crippen LogP contribution in [0, 0.1) is 11.6 Å². The maximum atomic E-state index is 14.2. The zero-order chi connectivity index (χ0) is 22.2. The molecule has 164 valence electrons. The predicted molar refractivity (Wildman–Crippen MR) is 117 cm³/mol. The summed E-state index contributed by atoms with van der Waals surface area (Å²) in [6, 6.07) is 8.07. The summed E-state index contributed by atoms with van der Waals surface area (Å²) < 4.78 is 39.5. The molecule has 1 fully saturated rings. The van der Waals surface area contributed by atoms with E-state index in [0.717, 1.165) is 12.1 Å². The summed E-state index contributed by atoms with van der Waals surface area (Å²) in [5.74, 6) is 0.234. The first kappa shape index (κ1) is 20.2. The van der Waals surface area contributed by atoms with Gasteiger partial charge in [0.05, 0.1) is 43.0 Å². The Morgan fingerprint density at radius 1 is 1.22 bits per heavy atom. The van der Waals surface area contributed by atoms with E-state index in [1.54, 1.807) is 12.1 Å². The molecule has 0 aliphatic carbocycles. The third-order valence-corrected chi connectivity index (χ3v) is 5.75. The van der Waals surface area contributed by atoms with E-state index in [2.05, 4.69) is 32.0 Å². The van der Waals surface area contributed by atoms with Crippen molar-refractivity contribution in [1.82, 2.24) is 15.2 Å². The minimum absolute atomic E-state index is 0.127. The fourth-order valence-electron chi connectivity index (χ4n) is 4.28. The summed E-state index contributed by atoms with van der Waals surface area (Å²) in [5.41, 5.74) is 2.09. The van der Waals surface area contributed by atoms with Crippen LogP contribution in [0.25, 0.3) is 17.3 Å². The Hall–Kier alpha value is -3.75. The molecule has 3 aromatic rings. The summed E-state index contributed by atoms with van der Waals surface area (Å²) in [4.78, 5) is 6.23. The number of pyridine rings is 1. The molecule has 1 N–H and O–H groups in total. The minimum atomic E-state index is -0.468. The number of hydrogen-bond acceptors (Lipinski definition) is 7. The topological polar surface area (TPSA) is 72.4 Å². The molecule has 7 nitrogen and oxygen atoms in total. The van der Waals surface area contributed by atoms with Gasteiger partial charge < -0.3 is 19.7 Å². The average molecular weight is 437 g/mol. The van der Waals surface area contributed by atoms with E-state index < -0.39 is 11.6 Å². The Balaban J connectivity index is 1.41. The third kappa shape index (κ3) is 3.49. The lowest BCUT2D eigenvalue weighted by molar-refractivity contribution is 0.219. The van der Waals surface area contributed by atoms with Crippen LogP contribution in [0.1, 0.15) is 12.1 Å². The Morgan fingerprint density at radius 2 is 2.09 bits per heavy atom. The molecule has 0 amide bonds. The van der Waals surface area contributed by atoms with Crippen molar-refractivity contribution >= 4 is 17.6 Å². The van der Waals surface area contributed by atoms with Gasteiger partial charge in [0.2, 0.25) is 0 Å². The highest BCUT2D eigenvalue weighted by molar-refractivity contribution is 5.77. The molecular formula is C23H21F2N5O2. The lowest BCUT2D eigenvalue weighted by atomic mass is 10.1. The molecule has 2 aliphatic heterocycles. The quantitative estimate of drug-likeness (QED) is 0.649. The highest BCUT2D eigenvalue weighted by atomic mass is 19.1. The number of nitrogens with zero attached hydrogens (tertiary/aromatic N) is 4. The first-order chi connectivity index (χ1) is 15.6. The zero-order valence-electron chi connectivity index (χ0n) is 17.4. The average Bonchev–Trinajstić information content (AvgIpc) is 3.21. The van der Waals surface area contributed by atoms with Gasteiger partial charge in [-0.05, 0) is 24.3 Å². The number of halogens is 2. The van der Waals surface area contributed by atoms with E-state index >= 15 is 0 Å². The molecule has 1 saturated heterocycles. The number of nitrogens with one attached hydrogen (secondary N) is 1. The molecule has 32 heavy (non-hydrogen) atoms. The lowest BCUT2D eigenvalue weighted by Gasteiger charge is -2.33. The number of anilines is 2. The predicted octanol–water partition coefficient (Wildman–Crippen LogP) is 3.92. The number of aromatic nitrogens is 3. The van der Waals surface area contributed by atoms with Gasteiger partial charge in [-0.3, -0.25) is 0 Å². The summed E-state index contributed by atoms with van der Waals surface area (Å²) >= 11 is 0. The van der Waals surface area contributed by atoms with Crippen LogP contribution in [-0.4, -0.2) is 47.5 Å². The van der Waals surface area contributed by atoms with Crippen molar-refractivity contribution < 1.29 is 18.3 Å². The molecule has 2 unspecified atom stereocenters. The van der Waals surface area contributed by atoms with Crippen molar-refractivity contribution in [1.29, 1.82) is 0 Å². The molecule has 2 aliphatic rings. The van der Waals surface area contributed by atoms with Gasteiger partial charge in [0.15, 0.2) is 23.2 Å². The maximum absolute atomic E-state index is 14.2. The summed E-state index contributed by atoms with van der Waals surface area (Å²) in [5, 5.41) is 11.9. The molecular weight excluding hydrogens is 416 g/mol. The second-order valence-corrected chi connectivity index (χ2v) is 7.69. The van der Waals surface area contributed by atoms with E-state index in [-0.39, 0.29) is 23.6 Å². The molecule has 2 aromatic heterocycles. The standard InChI is InChI=1S/C23H21F2N5O2/c1-3-19-18(25)8-14(11-26-19)32-15-7-13-10-27-23-21(30(13)12-15)9-20(28-29-23)16-5-4-6-17(24)22(16)31-2/h3-6,8-9,11,13,15H,1,7,10,12H2,2H3,(H,27,29). The van der Waals surface area contributed by atoms with Crippen molar-refractivity contribution in [3.63, 3.8) is 0 Å². The minimum Gasteiger partial charge on any atom is -0.493 e. The highest BCUT2D eigenvalue weighted by Crippen LogP contribution is 2.39. The monoisotopic (exact) mass is 437 g/mol.